The minimum Gasteiger partial charge on any atom is -0.478 e. The van der Waals surface area contributed by atoms with E-state index in [9.17, 15) is 4.79 Å². The molecule has 3 heteroatoms. The first-order valence-electron chi connectivity index (χ1n) is 8.41. The fraction of sp³-hybridized carbons (Fsp3) is 0.550. The molecule has 0 bridgehead atoms. The van der Waals surface area contributed by atoms with E-state index < -0.39 is 5.97 Å². The highest BCUT2D eigenvalue weighted by Gasteiger charge is 2.34. The van der Waals surface area contributed by atoms with E-state index in [0.717, 1.165) is 5.57 Å². The van der Waals surface area contributed by atoms with Gasteiger partial charge in [0, 0.05) is 6.08 Å². The number of carbonyl (C=O) groups is 1. The van der Waals surface area contributed by atoms with Crippen molar-refractivity contribution in [1.29, 1.82) is 0 Å². The van der Waals surface area contributed by atoms with E-state index in [1.165, 1.54) is 43.1 Å². The number of aliphatic carboxylic acids is 1. The average molecular weight is 333 g/mol. The molecule has 2 aliphatic rings. The van der Waals surface area contributed by atoms with Crippen LogP contribution in [-0.2, 0) is 4.79 Å². The molecule has 126 valence electrons. The minimum atomic E-state index is -0.892. The second-order valence-electron chi connectivity index (χ2n) is 7.32. The van der Waals surface area contributed by atoms with Gasteiger partial charge in [0.15, 0.2) is 0 Å². The van der Waals surface area contributed by atoms with Crippen molar-refractivity contribution in [3.8, 4) is 0 Å². The molecule has 0 aromatic carbocycles. The second kappa shape index (κ2) is 7.57. The summed E-state index contributed by atoms with van der Waals surface area (Å²) in [5, 5.41) is 8.72. The van der Waals surface area contributed by atoms with Gasteiger partial charge in [-0.1, -0.05) is 43.2 Å². The third kappa shape index (κ3) is 4.87. The molecule has 0 amide bonds. The maximum atomic E-state index is 10.6. The standard InChI is InChI=1S/C20H28O2S/c1-14(12-19(21)22)6-5-7-15(2)16-8-9-18-17(13-16)20(3,4)10-11-23-18/h5-7,12,16H,8-11,13H2,1-4H3,(H,21,22). The molecule has 0 fully saturated rings. The van der Waals surface area contributed by atoms with Crippen LogP contribution in [0.1, 0.15) is 53.4 Å². The van der Waals surface area contributed by atoms with Gasteiger partial charge in [-0.2, -0.15) is 0 Å². The third-order valence-corrected chi connectivity index (χ3v) is 6.25. The van der Waals surface area contributed by atoms with E-state index in [4.69, 9.17) is 5.11 Å². The van der Waals surface area contributed by atoms with Crippen LogP contribution in [0.2, 0.25) is 0 Å². The quantitative estimate of drug-likeness (QED) is 0.527. The average Bonchev–Trinajstić information content (AvgIpc) is 2.45. The SMILES string of the molecule is CC(C=CC=C(C)C1CCC2=C(C1)C(C)(C)CCS2)=CC(=O)O. The summed E-state index contributed by atoms with van der Waals surface area (Å²) < 4.78 is 0. The molecule has 0 saturated heterocycles. The highest BCUT2D eigenvalue weighted by molar-refractivity contribution is 8.03. The Morgan fingerprint density at radius 2 is 2.09 bits per heavy atom. The Kier molecular flexibility index (Phi) is 5.96. The highest BCUT2D eigenvalue weighted by Crippen LogP contribution is 2.50. The molecule has 1 N–H and O–H groups in total. The van der Waals surface area contributed by atoms with Crippen molar-refractivity contribution in [2.75, 3.05) is 5.75 Å². The molecule has 0 spiro atoms. The molecule has 1 atom stereocenters. The number of thioether (sulfide) groups is 1. The number of carboxylic acids is 1. The predicted octanol–water partition coefficient (Wildman–Crippen LogP) is 5.74. The fourth-order valence-electron chi connectivity index (χ4n) is 3.43. The van der Waals surface area contributed by atoms with Crippen LogP contribution < -0.4 is 0 Å². The first kappa shape index (κ1) is 18.1. The molecule has 2 rings (SSSR count). The largest absolute Gasteiger partial charge is 0.478 e. The monoisotopic (exact) mass is 332 g/mol. The van der Waals surface area contributed by atoms with E-state index in [2.05, 4.69) is 38.6 Å². The van der Waals surface area contributed by atoms with Crippen molar-refractivity contribution < 1.29 is 9.90 Å². The second-order valence-corrected chi connectivity index (χ2v) is 8.51. The number of hydrogen-bond donors (Lipinski definition) is 1. The van der Waals surface area contributed by atoms with Gasteiger partial charge < -0.3 is 5.11 Å². The Balaban J connectivity index is 2.06. The van der Waals surface area contributed by atoms with E-state index in [0.29, 0.717) is 11.3 Å². The van der Waals surface area contributed by atoms with E-state index in [-0.39, 0.29) is 0 Å². The molecule has 0 saturated carbocycles. The molecule has 23 heavy (non-hydrogen) atoms. The lowest BCUT2D eigenvalue weighted by atomic mass is 9.72. The smallest absolute Gasteiger partial charge is 0.328 e. The van der Waals surface area contributed by atoms with Crippen LogP contribution in [0.15, 0.2) is 45.9 Å². The summed E-state index contributed by atoms with van der Waals surface area (Å²) in [5.41, 5.74) is 4.21. The van der Waals surface area contributed by atoms with Crippen LogP contribution in [0.3, 0.4) is 0 Å². The number of rotatable bonds is 4. The molecule has 1 aliphatic heterocycles. The summed E-state index contributed by atoms with van der Waals surface area (Å²) in [7, 11) is 0. The van der Waals surface area contributed by atoms with Crippen LogP contribution in [-0.4, -0.2) is 16.8 Å². The minimum absolute atomic E-state index is 0.357. The maximum Gasteiger partial charge on any atom is 0.328 e. The zero-order valence-corrected chi connectivity index (χ0v) is 15.5. The van der Waals surface area contributed by atoms with Gasteiger partial charge in [0.1, 0.15) is 0 Å². The lowest BCUT2D eigenvalue weighted by Gasteiger charge is -2.40. The first-order valence-corrected chi connectivity index (χ1v) is 9.39. The first-order chi connectivity index (χ1) is 10.8. The summed E-state index contributed by atoms with van der Waals surface area (Å²) in [6, 6.07) is 0. The zero-order valence-electron chi connectivity index (χ0n) is 14.7. The molecule has 0 aromatic rings. The van der Waals surface area contributed by atoms with Gasteiger partial charge in [0.2, 0.25) is 0 Å². The van der Waals surface area contributed by atoms with Crippen LogP contribution in [0.5, 0.6) is 0 Å². The van der Waals surface area contributed by atoms with Gasteiger partial charge >= 0.3 is 5.97 Å². The molecule has 0 radical (unpaired) electrons. The highest BCUT2D eigenvalue weighted by atomic mass is 32.2. The number of carboxylic acid groups (broad SMARTS) is 1. The van der Waals surface area contributed by atoms with Crippen molar-refractivity contribution >= 4 is 17.7 Å². The normalized spacial score (nSPS) is 25.7. The Labute approximate surface area is 144 Å². The molecule has 1 heterocycles. The van der Waals surface area contributed by atoms with Gasteiger partial charge in [-0.15, -0.1) is 11.8 Å². The van der Waals surface area contributed by atoms with Crippen molar-refractivity contribution in [2.24, 2.45) is 11.3 Å². The molecule has 0 aromatic heterocycles. The fourth-order valence-corrected chi connectivity index (χ4v) is 5.09. The van der Waals surface area contributed by atoms with Crippen LogP contribution in [0.4, 0.5) is 0 Å². The Hall–Kier alpha value is -1.22. The lowest BCUT2D eigenvalue weighted by Crippen LogP contribution is -2.26. The summed E-state index contributed by atoms with van der Waals surface area (Å²) >= 11 is 2.07. The van der Waals surface area contributed by atoms with Gasteiger partial charge in [-0.05, 0) is 67.1 Å². The van der Waals surface area contributed by atoms with Crippen LogP contribution >= 0.6 is 11.8 Å². The molecule has 2 nitrogen and oxygen atoms in total. The third-order valence-electron chi connectivity index (χ3n) is 5.04. The predicted molar refractivity (Wildman–Crippen MR) is 99.5 cm³/mol. The summed E-state index contributed by atoms with van der Waals surface area (Å²) in [4.78, 5) is 12.3. The summed E-state index contributed by atoms with van der Waals surface area (Å²) in [6.07, 6.45) is 12.2. The topological polar surface area (TPSA) is 37.3 Å². The van der Waals surface area contributed by atoms with E-state index in [1.54, 1.807) is 10.5 Å². The van der Waals surface area contributed by atoms with Crippen molar-refractivity contribution in [3.05, 3.63) is 45.9 Å². The van der Waals surface area contributed by atoms with Gasteiger partial charge in [-0.3, -0.25) is 0 Å². The van der Waals surface area contributed by atoms with Gasteiger partial charge in [-0.25, -0.2) is 4.79 Å². The van der Waals surface area contributed by atoms with Crippen LogP contribution in [0, 0.1) is 11.3 Å². The Morgan fingerprint density at radius 1 is 1.35 bits per heavy atom. The molecular formula is C20H28O2S. The Bertz CT molecular complexity index is 591. The van der Waals surface area contributed by atoms with E-state index in [1.807, 2.05) is 19.1 Å². The number of hydrogen-bond acceptors (Lipinski definition) is 2. The van der Waals surface area contributed by atoms with E-state index >= 15 is 0 Å². The molecule has 1 unspecified atom stereocenters. The van der Waals surface area contributed by atoms with Crippen molar-refractivity contribution in [3.63, 3.8) is 0 Å². The molecule has 1 aliphatic carbocycles. The van der Waals surface area contributed by atoms with Crippen molar-refractivity contribution in [1.82, 2.24) is 0 Å². The van der Waals surface area contributed by atoms with Gasteiger partial charge in [0.25, 0.3) is 0 Å². The maximum absolute atomic E-state index is 10.6. The zero-order chi connectivity index (χ0) is 17.0. The lowest BCUT2D eigenvalue weighted by molar-refractivity contribution is -0.131. The molecular weight excluding hydrogens is 304 g/mol. The van der Waals surface area contributed by atoms with Crippen molar-refractivity contribution in [2.45, 2.75) is 53.4 Å². The Morgan fingerprint density at radius 3 is 2.78 bits per heavy atom. The van der Waals surface area contributed by atoms with Crippen LogP contribution in [0.25, 0.3) is 0 Å². The summed E-state index contributed by atoms with van der Waals surface area (Å²) in [5.74, 6) is 1.00. The number of allylic oxidation sites excluding steroid dienone is 7. The summed E-state index contributed by atoms with van der Waals surface area (Å²) in [6.45, 7) is 8.81. The van der Waals surface area contributed by atoms with Gasteiger partial charge in [0.05, 0.1) is 0 Å².